The maximum atomic E-state index is 12.6. The number of morpholine rings is 1. The van der Waals surface area contributed by atoms with Gasteiger partial charge < -0.3 is 20.7 Å². The number of ether oxygens (including phenoxy) is 1. The fourth-order valence-electron chi connectivity index (χ4n) is 3.58. The van der Waals surface area contributed by atoms with Gasteiger partial charge in [0.05, 0.1) is 25.2 Å². The Balaban J connectivity index is 1.56. The average Bonchev–Trinajstić information content (AvgIpc) is 2.68. The van der Waals surface area contributed by atoms with Gasteiger partial charge in [-0.15, -0.1) is 0 Å². The molecule has 1 aromatic carbocycles. The Morgan fingerprint density at radius 3 is 2.54 bits per heavy atom. The van der Waals surface area contributed by atoms with Gasteiger partial charge >= 0.3 is 0 Å². The van der Waals surface area contributed by atoms with E-state index in [1.165, 1.54) is 0 Å². The number of carbonyl (C=O) groups is 2. The predicted octanol–water partition coefficient (Wildman–Crippen LogP) is 1.05. The molecule has 2 saturated heterocycles. The van der Waals surface area contributed by atoms with Crippen LogP contribution in [0, 0.1) is 5.92 Å². The molecular weight excluding hydrogens is 332 g/mol. The zero-order chi connectivity index (χ0) is 18.5. The Bertz CT molecular complexity index is 628. The number of hydrogen-bond acceptors (Lipinski definition) is 5. The van der Waals surface area contributed by atoms with E-state index in [0.717, 1.165) is 57.1 Å². The molecular formula is C19H28N4O3. The van der Waals surface area contributed by atoms with E-state index in [1.54, 1.807) is 0 Å². The summed E-state index contributed by atoms with van der Waals surface area (Å²) in [5, 5.41) is 2.97. The minimum absolute atomic E-state index is 0.0609. The van der Waals surface area contributed by atoms with Gasteiger partial charge in [0.25, 0.3) is 0 Å². The molecule has 2 atom stereocenters. The maximum absolute atomic E-state index is 12.6. The maximum Gasteiger partial charge on any atom is 0.241 e. The van der Waals surface area contributed by atoms with Crippen LogP contribution in [-0.4, -0.2) is 62.1 Å². The monoisotopic (exact) mass is 360 g/mol. The quantitative estimate of drug-likeness (QED) is 0.819. The molecule has 2 aliphatic heterocycles. The van der Waals surface area contributed by atoms with Gasteiger partial charge in [-0.2, -0.15) is 0 Å². The Morgan fingerprint density at radius 2 is 1.88 bits per heavy atom. The molecule has 0 bridgehead atoms. The highest BCUT2D eigenvalue weighted by Gasteiger charge is 2.29. The van der Waals surface area contributed by atoms with E-state index in [1.807, 2.05) is 36.1 Å². The first-order valence-electron chi connectivity index (χ1n) is 9.31. The summed E-state index contributed by atoms with van der Waals surface area (Å²) >= 11 is 0. The van der Waals surface area contributed by atoms with Gasteiger partial charge in [-0.3, -0.25) is 14.5 Å². The van der Waals surface area contributed by atoms with Gasteiger partial charge in [0, 0.05) is 31.0 Å². The molecule has 0 radical (unpaired) electrons. The van der Waals surface area contributed by atoms with Crippen LogP contribution < -0.4 is 16.0 Å². The third-order valence-corrected chi connectivity index (χ3v) is 5.29. The average molecular weight is 360 g/mol. The smallest absolute Gasteiger partial charge is 0.241 e. The summed E-state index contributed by atoms with van der Waals surface area (Å²) in [6.07, 6.45) is 1.70. The first-order chi connectivity index (χ1) is 12.5. The number of nitrogens with two attached hydrogens (primary N) is 1. The molecule has 2 amide bonds. The third kappa shape index (κ3) is 4.53. The number of piperidine rings is 1. The Morgan fingerprint density at radius 1 is 1.19 bits per heavy atom. The van der Waals surface area contributed by atoms with E-state index in [2.05, 4.69) is 10.2 Å². The molecule has 0 aliphatic carbocycles. The molecule has 0 unspecified atom stereocenters. The van der Waals surface area contributed by atoms with Crippen molar-refractivity contribution in [1.82, 2.24) is 4.90 Å². The highest BCUT2D eigenvalue weighted by atomic mass is 16.5. The summed E-state index contributed by atoms with van der Waals surface area (Å²) in [5.74, 6) is -0.498. The fourth-order valence-corrected chi connectivity index (χ4v) is 3.58. The topological polar surface area (TPSA) is 87.9 Å². The molecule has 0 aromatic heterocycles. The number of primary amides is 1. The van der Waals surface area contributed by atoms with E-state index < -0.39 is 0 Å². The minimum Gasteiger partial charge on any atom is -0.378 e. The highest BCUT2D eigenvalue weighted by Crippen LogP contribution is 2.21. The minimum atomic E-state index is -0.295. The molecule has 2 heterocycles. The zero-order valence-corrected chi connectivity index (χ0v) is 15.3. The molecule has 1 aromatic rings. The molecule has 142 valence electrons. The number of anilines is 2. The third-order valence-electron chi connectivity index (χ3n) is 5.29. The van der Waals surface area contributed by atoms with Crippen molar-refractivity contribution in [2.45, 2.75) is 25.8 Å². The van der Waals surface area contributed by atoms with Gasteiger partial charge in [-0.05, 0) is 50.6 Å². The standard InChI is InChI=1S/C19H28N4O3/c1-14(23-8-2-3-15(13-23)18(20)24)19(25)21-16-4-6-17(7-5-16)22-9-11-26-12-10-22/h4-7,14-15H,2-3,8-13H2,1H3,(H2,20,24)(H,21,25)/t14-,15-/m0/s1. The number of hydrogen-bond donors (Lipinski definition) is 2. The molecule has 2 aliphatic rings. The van der Waals surface area contributed by atoms with Crippen LogP contribution in [0.3, 0.4) is 0 Å². The number of amides is 2. The zero-order valence-electron chi connectivity index (χ0n) is 15.3. The van der Waals surface area contributed by atoms with Gasteiger partial charge in [0.15, 0.2) is 0 Å². The van der Waals surface area contributed by atoms with Gasteiger partial charge in [-0.1, -0.05) is 0 Å². The molecule has 26 heavy (non-hydrogen) atoms. The number of rotatable bonds is 5. The summed E-state index contributed by atoms with van der Waals surface area (Å²) < 4.78 is 5.37. The highest BCUT2D eigenvalue weighted by molar-refractivity contribution is 5.94. The number of nitrogens with zero attached hydrogens (tertiary/aromatic N) is 2. The summed E-state index contributed by atoms with van der Waals surface area (Å²) in [6.45, 7) is 6.52. The molecule has 0 saturated carbocycles. The molecule has 3 N–H and O–H groups in total. The lowest BCUT2D eigenvalue weighted by Crippen LogP contribution is -2.49. The van der Waals surface area contributed by atoms with Crippen molar-refractivity contribution in [3.8, 4) is 0 Å². The van der Waals surface area contributed by atoms with Crippen LogP contribution in [0.1, 0.15) is 19.8 Å². The van der Waals surface area contributed by atoms with E-state index in [9.17, 15) is 9.59 Å². The summed E-state index contributed by atoms with van der Waals surface area (Å²) in [6, 6.07) is 7.61. The SMILES string of the molecule is C[C@@H](C(=O)Nc1ccc(N2CCOCC2)cc1)N1CCC[C@H](C(N)=O)C1. The second kappa shape index (κ2) is 8.51. The molecule has 0 spiro atoms. The first kappa shape index (κ1) is 18.7. The van der Waals surface area contributed by atoms with Crippen LogP contribution in [0.15, 0.2) is 24.3 Å². The lowest BCUT2D eigenvalue weighted by Gasteiger charge is -2.34. The molecule has 7 nitrogen and oxygen atoms in total. The number of benzene rings is 1. The summed E-state index contributed by atoms with van der Waals surface area (Å²) in [4.78, 5) is 28.3. The van der Waals surface area contributed by atoms with Crippen LogP contribution in [-0.2, 0) is 14.3 Å². The summed E-state index contributed by atoms with van der Waals surface area (Å²) in [7, 11) is 0. The number of likely N-dealkylation sites (tertiary alicyclic amines) is 1. The van der Waals surface area contributed by atoms with Crippen molar-refractivity contribution in [1.29, 1.82) is 0 Å². The van der Waals surface area contributed by atoms with E-state index in [4.69, 9.17) is 10.5 Å². The van der Waals surface area contributed by atoms with Crippen LogP contribution in [0.25, 0.3) is 0 Å². The van der Waals surface area contributed by atoms with Crippen LogP contribution in [0.5, 0.6) is 0 Å². The molecule has 3 rings (SSSR count). The first-order valence-corrected chi connectivity index (χ1v) is 9.31. The molecule has 2 fully saturated rings. The van der Waals surface area contributed by atoms with Gasteiger partial charge in [0.1, 0.15) is 0 Å². The normalized spacial score (nSPS) is 22.7. The van der Waals surface area contributed by atoms with Crippen LogP contribution >= 0.6 is 0 Å². The Labute approximate surface area is 154 Å². The summed E-state index contributed by atoms with van der Waals surface area (Å²) in [5.41, 5.74) is 7.35. The molecule has 7 heteroatoms. The van der Waals surface area contributed by atoms with Crippen molar-refractivity contribution in [3.05, 3.63) is 24.3 Å². The van der Waals surface area contributed by atoms with E-state index in [0.29, 0.717) is 6.54 Å². The lowest BCUT2D eigenvalue weighted by atomic mass is 9.96. The number of nitrogens with one attached hydrogen (secondary N) is 1. The largest absolute Gasteiger partial charge is 0.378 e. The van der Waals surface area contributed by atoms with Crippen molar-refractivity contribution in [3.63, 3.8) is 0 Å². The Kier molecular flexibility index (Phi) is 6.11. The van der Waals surface area contributed by atoms with Gasteiger partial charge in [0.2, 0.25) is 11.8 Å². The Hall–Kier alpha value is -2.12. The number of carbonyl (C=O) groups excluding carboxylic acids is 2. The fraction of sp³-hybridized carbons (Fsp3) is 0.579. The lowest BCUT2D eigenvalue weighted by molar-refractivity contribution is -0.127. The van der Waals surface area contributed by atoms with Crippen molar-refractivity contribution >= 4 is 23.2 Å². The van der Waals surface area contributed by atoms with Gasteiger partial charge in [-0.25, -0.2) is 0 Å². The van der Waals surface area contributed by atoms with Crippen molar-refractivity contribution in [2.75, 3.05) is 49.6 Å². The van der Waals surface area contributed by atoms with Crippen molar-refractivity contribution in [2.24, 2.45) is 11.7 Å². The van der Waals surface area contributed by atoms with Crippen LogP contribution in [0.4, 0.5) is 11.4 Å². The predicted molar refractivity (Wildman–Crippen MR) is 101 cm³/mol. The second-order valence-corrected chi connectivity index (χ2v) is 7.05. The van der Waals surface area contributed by atoms with E-state index >= 15 is 0 Å². The van der Waals surface area contributed by atoms with Crippen molar-refractivity contribution < 1.29 is 14.3 Å². The second-order valence-electron chi connectivity index (χ2n) is 7.05. The van der Waals surface area contributed by atoms with E-state index in [-0.39, 0.29) is 23.8 Å². The van der Waals surface area contributed by atoms with Crippen LogP contribution in [0.2, 0.25) is 0 Å².